The van der Waals surface area contributed by atoms with Crippen molar-refractivity contribution >= 4 is 11.8 Å². The number of H-pyrrole nitrogens is 1. The van der Waals surface area contributed by atoms with Gasteiger partial charge in [0, 0.05) is 12.6 Å². The summed E-state index contributed by atoms with van der Waals surface area (Å²) in [6, 6.07) is 3.31. The van der Waals surface area contributed by atoms with E-state index in [1.54, 1.807) is 25.3 Å². The molecule has 0 aliphatic rings. The molecule has 0 saturated heterocycles. The van der Waals surface area contributed by atoms with Crippen molar-refractivity contribution in [1.29, 1.82) is 0 Å². The highest BCUT2D eigenvalue weighted by atomic mass is 16.2. The van der Waals surface area contributed by atoms with E-state index in [1.807, 2.05) is 0 Å². The molecular formula is C8H10N2O2. The summed E-state index contributed by atoms with van der Waals surface area (Å²) in [5.74, 6) is -0.651. The van der Waals surface area contributed by atoms with E-state index in [0.29, 0.717) is 12.1 Å². The molecule has 0 unspecified atom stereocenters. The minimum absolute atomic E-state index is 0.269. The third-order valence-corrected chi connectivity index (χ3v) is 1.42. The van der Waals surface area contributed by atoms with Crippen molar-refractivity contribution in [2.24, 2.45) is 0 Å². The number of carbonyl (C=O) groups excluding carboxylic acids is 2. The number of rotatable bonds is 2. The Morgan fingerprint density at radius 3 is 2.83 bits per heavy atom. The molecule has 0 bridgehead atoms. The molecular weight excluding hydrogens is 156 g/mol. The molecule has 0 aliphatic heterocycles. The van der Waals surface area contributed by atoms with Crippen molar-refractivity contribution in [2.75, 3.05) is 0 Å². The Hall–Kier alpha value is -1.58. The highest BCUT2D eigenvalue weighted by Gasteiger charge is 2.07. The summed E-state index contributed by atoms with van der Waals surface area (Å²) in [5.41, 5.74) is 0.400. The Morgan fingerprint density at radius 1 is 1.58 bits per heavy atom. The smallest absolute Gasteiger partial charge is 0.274 e. The van der Waals surface area contributed by atoms with Crippen LogP contribution in [0.25, 0.3) is 0 Å². The fourth-order valence-electron chi connectivity index (χ4n) is 0.754. The first-order chi connectivity index (χ1) is 5.74. The summed E-state index contributed by atoms with van der Waals surface area (Å²) >= 11 is 0. The third kappa shape index (κ3) is 1.95. The minimum Gasteiger partial charge on any atom is -0.357 e. The molecule has 12 heavy (non-hydrogen) atoms. The molecule has 4 heteroatoms. The van der Waals surface area contributed by atoms with Gasteiger partial charge in [0.1, 0.15) is 5.69 Å². The van der Waals surface area contributed by atoms with Crippen LogP contribution in [0.15, 0.2) is 18.3 Å². The average Bonchev–Trinajstić information content (AvgIpc) is 2.56. The summed E-state index contributed by atoms with van der Waals surface area (Å²) in [6.07, 6.45) is 1.94. The lowest BCUT2D eigenvalue weighted by atomic mass is 10.4. The van der Waals surface area contributed by atoms with Crippen molar-refractivity contribution < 1.29 is 9.59 Å². The lowest BCUT2D eigenvalue weighted by molar-refractivity contribution is -0.119. The van der Waals surface area contributed by atoms with Gasteiger partial charge >= 0.3 is 0 Å². The van der Waals surface area contributed by atoms with E-state index in [2.05, 4.69) is 10.3 Å². The van der Waals surface area contributed by atoms with Crippen molar-refractivity contribution in [2.45, 2.75) is 13.3 Å². The summed E-state index contributed by atoms with van der Waals surface area (Å²) in [6.45, 7) is 1.69. The van der Waals surface area contributed by atoms with Crippen LogP contribution >= 0.6 is 0 Å². The van der Waals surface area contributed by atoms with Crippen LogP contribution in [-0.2, 0) is 4.79 Å². The van der Waals surface area contributed by atoms with Crippen LogP contribution in [0.2, 0.25) is 0 Å². The molecule has 2 amide bonds. The van der Waals surface area contributed by atoms with Crippen LogP contribution in [0.4, 0.5) is 0 Å². The zero-order valence-electron chi connectivity index (χ0n) is 6.76. The van der Waals surface area contributed by atoms with Crippen molar-refractivity contribution in [1.82, 2.24) is 10.3 Å². The molecule has 0 aliphatic carbocycles. The van der Waals surface area contributed by atoms with E-state index < -0.39 is 0 Å². The van der Waals surface area contributed by atoms with Crippen LogP contribution in [0, 0.1) is 0 Å². The Kier molecular flexibility index (Phi) is 2.63. The number of aromatic nitrogens is 1. The lowest BCUT2D eigenvalue weighted by Crippen LogP contribution is -2.29. The van der Waals surface area contributed by atoms with Gasteiger partial charge < -0.3 is 4.98 Å². The molecule has 4 nitrogen and oxygen atoms in total. The molecule has 0 saturated carbocycles. The third-order valence-electron chi connectivity index (χ3n) is 1.42. The maximum Gasteiger partial charge on any atom is 0.274 e. The average molecular weight is 166 g/mol. The van der Waals surface area contributed by atoms with Crippen LogP contribution < -0.4 is 5.32 Å². The molecule has 1 aromatic heterocycles. The van der Waals surface area contributed by atoms with Crippen molar-refractivity contribution in [3.8, 4) is 0 Å². The van der Waals surface area contributed by atoms with E-state index in [9.17, 15) is 9.59 Å². The van der Waals surface area contributed by atoms with E-state index in [4.69, 9.17) is 0 Å². The predicted molar refractivity (Wildman–Crippen MR) is 43.6 cm³/mol. The number of carbonyl (C=O) groups is 2. The Balaban J connectivity index is 2.56. The number of aromatic amines is 1. The minimum atomic E-state index is -0.383. The van der Waals surface area contributed by atoms with Gasteiger partial charge in [-0.2, -0.15) is 0 Å². The standard InChI is InChI=1S/C8H10N2O2/c1-2-7(11)10-8(12)6-4-3-5-9-6/h3-5,9H,2H2,1H3,(H,10,11,12). The molecule has 1 rings (SSSR count). The second-order valence-electron chi connectivity index (χ2n) is 2.31. The van der Waals surface area contributed by atoms with Gasteiger partial charge in [0.15, 0.2) is 0 Å². The normalized spacial score (nSPS) is 9.42. The number of imide groups is 1. The molecule has 0 spiro atoms. The lowest BCUT2D eigenvalue weighted by Gasteiger charge is -1.98. The zero-order valence-corrected chi connectivity index (χ0v) is 6.76. The first-order valence-electron chi connectivity index (χ1n) is 3.71. The highest BCUT2D eigenvalue weighted by molar-refractivity contribution is 6.03. The quantitative estimate of drug-likeness (QED) is 0.678. The van der Waals surface area contributed by atoms with Gasteiger partial charge in [0.05, 0.1) is 0 Å². The summed E-state index contributed by atoms with van der Waals surface area (Å²) in [4.78, 5) is 24.6. The predicted octanol–water partition coefficient (Wildman–Crippen LogP) is 0.681. The van der Waals surface area contributed by atoms with Gasteiger partial charge in [-0.15, -0.1) is 0 Å². The SMILES string of the molecule is CCC(=O)NC(=O)c1ccc[nH]1. The molecule has 2 N–H and O–H groups in total. The van der Waals surface area contributed by atoms with E-state index >= 15 is 0 Å². The first-order valence-corrected chi connectivity index (χ1v) is 3.71. The Morgan fingerprint density at radius 2 is 2.33 bits per heavy atom. The number of hydrogen-bond acceptors (Lipinski definition) is 2. The summed E-state index contributed by atoms with van der Waals surface area (Å²) in [5, 5.41) is 2.22. The van der Waals surface area contributed by atoms with E-state index in [1.165, 1.54) is 0 Å². The Labute approximate surface area is 70.0 Å². The fraction of sp³-hybridized carbons (Fsp3) is 0.250. The number of amides is 2. The molecule has 0 atom stereocenters. The zero-order chi connectivity index (χ0) is 8.97. The fourth-order valence-corrected chi connectivity index (χ4v) is 0.754. The molecule has 0 fully saturated rings. The number of hydrogen-bond donors (Lipinski definition) is 2. The van der Waals surface area contributed by atoms with Gasteiger partial charge in [-0.3, -0.25) is 14.9 Å². The molecule has 0 aromatic carbocycles. The maximum atomic E-state index is 11.1. The van der Waals surface area contributed by atoms with E-state index in [-0.39, 0.29) is 11.8 Å². The highest BCUT2D eigenvalue weighted by Crippen LogP contribution is 1.93. The monoisotopic (exact) mass is 166 g/mol. The van der Waals surface area contributed by atoms with Gasteiger partial charge in [0.25, 0.3) is 5.91 Å². The molecule has 1 heterocycles. The molecule has 1 aromatic rings. The van der Waals surface area contributed by atoms with Crippen LogP contribution in [-0.4, -0.2) is 16.8 Å². The second kappa shape index (κ2) is 3.71. The van der Waals surface area contributed by atoms with Gasteiger partial charge in [-0.05, 0) is 12.1 Å². The Bertz CT molecular complexity index is 277. The molecule has 64 valence electrons. The van der Waals surface area contributed by atoms with Gasteiger partial charge in [0.2, 0.25) is 5.91 Å². The maximum absolute atomic E-state index is 11.1. The first kappa shape index (κ1) is 8.52. The van der Waals surface area contributed by atoms with Gasteiger partial charge in [-0.25, -0.2) is 0 Å². The van der Waals surface area contributed by atoms with Gasteiger partial charge in [-0.1, -0.05) is 6.92 Å². The van der Waals surface area contributed by atoms with Crippen molar-refractivity contribution in [3.63, 3.8) is 0 Å². The van der Waals surface area contributed by atoms with Crippen molar-refractivity contribution in [3.05, 3.63) is 24.0 Å². The van der Waals surface area contributed by atoms with Crippen LogP contribution in [0.3, 0.4) is 0 Å². The summed E-state index contributed by atoms with van der Waals surface area (Å²) in [7, 11) is 0. The summed E-state index contributed by atoms with van der Waals surface area (Å²) < 4.78 is 0. The second-order valence-corrected chi connectivity index (χ2v) is 2.31. The largest absolute Gasteiger partial charge is 0.357 e. The van der Waals surface area contributed by atoms with Crippen LogP contribution in [0.1, 0.15) is 23.8 Å². The molecule has 0 radical (unpaired) electrons. The van der Waals surface area contributed by atoms with E-state index in [0.717, 1.165) is 0 Å². The number of nitrogens with one attached hydrogen (secondary N) is 2. The van der Waals surface area contributed by atoms with Crippen LogP contribution in [0.5, 0.6) is 0 Å². The topological polar surface area (TPSA) is 62.0 Å².